The topological polar surface area (TPSA) is 31.0 Å². The molecule has 0 amide bonds. The first kappa shape index (κ1) is 11.4. The van der Waals surface area contributed by atoms with Gasteiger partial charge >= 0.3 is 0 Å². The van der Waals surface area contributed by atoms with Crippen molar-refractivity contribution in [3.63, 3.8) is 0 Å². The number of hydrogen-bond donors (Lipinski definition) is 0. The van der Waals surface area contributed by atoms with Crippen LogP contribution in [0.5, 0.6) is 0 Å². The van der Waals surface area contributed by atoms with Gasteiger partial charge in [0.15, 0.2) is 0 Å². The lowest BCUT2D eigenvalue weighted by atomic mass is 9.76. The van der Waals surface area contributed by atoms with E-state index in [1.165, 1.54) is 0 Å². The van der Waals surface area contributed by atoms with Crippen LogP contribution in [0.25, 0.3) is 0 Å². The highest BCUT2D eigenvalue weighted by molar-refractivity contribution is 5.15. The van der Waals surface area contributed by atoms with Gasteiger partial charge in [-0.3, -0.25) is 0 Å². The summed E-state index contributed by atoms with van der Waals surface area (Å²) in [5, 5.41) is 0. The molecule has 4 atom stereocenters. The minimum Gasteiger partial charge on any atom is -0.375 e. The van der Waals surface area contributed by atoms with E-state index < -0.39 is 0 Å². The number of rotatable bonds is 2. The van der Waals surface area contributed by atoms with Gasteiger partial charge in [0.1, 0.15) is 11.2 Å². The van der Waals surface area contributed by atoms with Crippen LogP contribution in [0.15, 0.2) is 0 Å². The number of epoxide rings is 1. The molecule has 0 aromatic carbocycles. The molecular formula is C12H22O3. The van der Waals surface area contributed by atoms with Gasteiger partial charge in [-0.15, -0.1) is 0 Å². The van der Waals surface area contributed by atoms with Crippen LogP contribution in [0.1, 0.15) is 34.1 Å². The summed E-state index contributed by atoms with van der Waals surface area (Å²) in [6.07, 6.45) is 1.33. The van der Waals surface area contributed by atoms with Gasteiger partial charge in [0.2, 0.25) is 0 Å². The molecule has 0 bridgehead atoms. The van der Waals surface area contributed by atoms with Crippen LogP contribution in [0.2, 0.25) is 0 Å². The first-order valence-electron chi connectivity index (χ1n) is 5.80. The number of hydrogen-bond acceptors (Lipinski definition) is 3. The van der Waals surface area contributed by atoms with Crippen LogP contribution in [-0.4, -0.2) is 37.1 Å². The maximum atomic E-state index is 6.02. The minimum atomic E-state index is -0.195. The average Bonchev–Trinajstić information content (AvgIpc) is 2.95. The lowest BCUT2D eigenvalue weighted by molar-refractivity contribution is -0.203. The Balaban J connectivity index is 2.20. The van der Waals surface area contributed by atoms with E-state index in [1.54, 1.807) is 7.11 Å². The average molecular weight is 214 g/mol. The fourth-order valence-corrected chi connectivity index (χ4v) is 2.67. The quantitative estimate of drug-likeness (QED) is 0.659. The Kier molecular flexibility index (Phi) is 2.61. The molecule has 3 heteroatoms. The van der Waals surface area contributed by atoms with Crippen molar-refractivity contribution in [2.75, 3.05) is 13.7 Å². The Bertz CT molecular complexity index is 247. The third kappa shape index (κ3) is 1.52. The van der Waals surface area contributed by atoms with Gasteiger partial charge in [-0.05, 0) is 19.8 Å². The zero-order valence-electron chi connectivity index (χ0n) is 10.4. The predicted octanol–water partition coefficient (Wildman–Crippen LogP) is 1.99. The molecular weight excluding hydrogens is 192 g/mol. The number of ether oxygens (including phenoxy) is 3. The van der Waals surface area contributed by atoms with Gasteiger partial charge in [0.25, 0.3) is 0 Å². The molecule has 0 radical (unpaired) electrons. The van der Waals surface area contributed by atoms with Gasteiger partial charge in [-0.25, -0.2) is 0 Å². The molecule has 2 aliphatic rings. The van der Waals surface area contributed by atoms with Gasteiger partial charge in [-0.2, -0.15) is 0 Å². The normalized spacial score (nSPS) is 50.0. The maximum Gasteiger partial charge on any atom is 0.146 e. The van der Waals surface area contributed by atoms with Gasteiger partial charge < -0.3 is 14.2 Å². The summed E-state index contributed by atoms with van der Waals surface area (Å²) in [6, 6.07) is 0. The summed E-state index contributed by atoms with van der Waals surface area (Å²) in [6.45, 7) is 9.40. The molecule has 15 heavy (non-hydrogen) atoms. The summed E-state index contributed by atoms with van der Waals surface area (Å²) in [7, 11) is 1.78. The molecule has 2 saturated heterocycles. The SMILES string of the molecule is COC1(C)C[C@H](C(C)C)OC(C)[C@@]12CO2. The molecule has 0 aromatic heterocycles. The van der Waals surface area contributed by atoms with Crippen molar-refractivity contribution in [2.24, 2.45) is 5.92 Å². The van der Waals surface area contributed by atoms with E-state index in [1.807, 2.05) is 0 Å². The molecule has 0 saturated carbocycles. The molecule has 0 N–H and O–H groups in total. The van der Waals surface area contributed by atoms with E-state index in [9.17, 15) is 0 Å². The van der Waals surface area contributed by atoms with Crippen LogP contribution in [-0.2, 0) is 14.2 Å². The highest BCUT2D eigenvalue weighted by atomic mass is 16.7. The summed E-state index contributed by atoms with van der Waals surface area (Å²) in [4.78, 5) is 0. The molecule has 2 fully saturated rings. The summed E-state index contributed by atoms with van der Waals surface area (Å²) >= 11 is 0. The second-order valence-corrected chi connectivity index (χ2v) is 5.38. The molecule has 2 rings (SSSR count). The van der Waals surface area contributed by atoms with E-state index >= 15 is 0 Å². The second-order valence-electron chi connectivity index (χ2n) is 5.38. The maximum absolute atomic E-state index is 6.02. The Morgan fingerprint density at radius 3 is 2.40 bits per heavy atom. The molecule has 88 valence electrons. The molecule has 2 unspecified atom stereocenters. The van der Waals surface area contributed by atoms with E-state index in [2.05, 4.69) is 27.7 Å². The second kappa shape index (κ2) is 3.44. The molecule has 0 aromatic rings. The van der Waals surface area contributed by atoms with Gasteiger partial charge in [-0.1, -0.05) is 13.8 Å². The monoisotopic (exact) mass is 214 g/mol. The van der Waals surface area contributed by atoms with Crippen LogP contribution < -0.4 is 0 Å². The Morgan fingerprint density at radius 2 is 2.00 bits per heavy atom. The van der Waals surface area contributed by atoms with Crippen molar-refractivity contribution in [1.82, 2.24) is 0 Å². The first-order valence-corrected chi connectivity index (χ1v) is 5.80. The molecule has 2 heterocycles. The molecule has 3 nitrogen and oxygen atoms in total. The summed E-state index contributed by atoms with van der Waals surface area (Å²) < 4.78 is 17.4. The van der Waals surface area contributed by atoms with Gasteiger partial charge in [0, 0.05) is 13.5 Å². The lowest BCUT2D eigenvalue weighted by Crippen LogP contribution is -2.59. The zero-order chi connectivity index (χ0) is 11.3. The minimum absolute atomic E-state index is 0.128. The smallest absolute Gasteiger partial charge is 0.146 e. The van der Waals surface area contributed by atoms with Crippen LogP contribution in [0.4, 0.5) is 0 Å². The van der Waals surface area contributed by atoms with E-state index in [0.29, 0.717) is 5.92 Å². The van der Waals surface area contributed by atoms with Crippen molar-refractivity contribution in [3.05, 3.63) is 0 Å². The highest BCUT2D eigenvalue weighted by Crippen LogP contribution is 2.51. The highest BCUT2D eigenvalue weighted by Gasteiger charge is 2.67. The van der Waals surface area contributed by atoms with Crippen LogP contribution >= 0.6 is 0 Å². The fourth-order valence-electron chi connectivity index (χ4n) is 2.67. The standard InChI is InChI=1S/C12H22O3/c1-8(2)10-6-11(4,13-5)12(7-14-12)9(3)15-10/h8-10H,6-7H2,1-5H3/t9?,10-,11?,12+/m1/s1. The Hall–Kier alpha value is -0.120. The third-order valence-corrected chi connectivity index (χ3v) is 4.17. The lowest BCUT2D eigenvalue weighted by Gasteiger charge is -2.46. The Labute approximate surface area is 92.1 Å². The summed E-state index contributed by atoms with van der Waals surface area (Å²) in [5.74, 6) is 0.526. The van der Waals surface area contributed by atoms with Crippen molar-refractivity contribution in [2.45, 2.75) is 57.5 Å². The molecule has 0 aliphatic carbocycles. The molecule has 2 aliphatic heterocycles. The van der Waals surface area contributed by atoms with Crippen molar-refractivity contribution in [1.29, 1.82) is 0 Å². The van der Waals surface area contributed by atoms with E-state index in [4.69, 9.17) is 14.2 Å². The van der Waals surface area contributed by atoms with Crippen molar-refractivity contribution < 1.29 is 14.2 Å². The first-order chi connectivity index (χ1) is 6.95. The predicted molar refractivity (Wildman–Crippen MR) is 57.9 cm³/mol. The molecule has 1 spiro atoms. The van der Waals surface area contributed by atoms with Crippen molar-refractivity contribution >= 4 is 0 Å². The van der Waals surface area contributed by atoms with E-state index in [-0.39, 0.29) is 23.4 Å². The zero-order valence-corrected chi connectivity index (χ0v) is 10.4. The fraction of sp³-hybridized carbons (Fsp3) is 1.00. The van der Waals surface area contributed by atoms with Crippen LogP contribution in [0.3, 0.4) is 0 Å². The summed E-state index contributed by atoms with van der Waals surface area (Å²) in [5.41, 5.74) is -0.382. The van der Waals surface area contributed by atoms with E-state index in [0.717, 1.165) is 13.0 Å². The van der Waals surface area contributed by atoms with Gasteiger partial charge in [0.05, 0.1) is 18.8 Å². The van der Waals surface area contributed by atoms with Crippen LogP contribution in [0, 0.1) is 5.92 Å². The third-order valence-electron chi connectivity index (χ3n) is 4.17. The van der Waals surface area contributed by atoms with Crippen molar-refractivity contribution in [3.8, 4) is 0 Å². The largest absolute Gasteiger partial charge is 0.375 e. The Morgan fingerprint density at radius 1 is 1.40 bits per heavy atom. The number of methoxy groups -OCH3 is 1.